The molecule has 0 fully saturated rings. The van der Waals surface area contributed by atoms with E-state index >= 15 is 0 Å². The Balaban J connectivity index is 2.72. The lowest BCUT2D eigenvalue weighted by Crippen LogP contribution is -2.13. The highest BCUT2D eigenvalue weighted by Crippen LogP contribution is 2.22. The van der Waals surface area contributed by atoms with Crippen LogP contribution in [-0.2, 0) is 9.53 Å². The second-order valence-electron chi connectivity index (χ2n) is 3.57. The summed E-state index contributed by atoms with van der Waals surface area (Å²) in [6, 6.07) is 5.34. The van der Waals surface area contributed by atoms with Crippen molar-refractivity contribution in [1.82, 2.24) is 0 Å². The summed E-state index contributed by atoms with van der Waals surface area (Å²) >= 11 is 0. The van der Waals surface area contributed by atoms with Crippen molar-refractivity contribution in [1.29, 1.82) is 0 Å². The summed E-state index contributed by atoms with van der Waals surface area (Å²) in [5, 5.41) is 9.38. The van der Waals surface area contributed by atoms with E-state index < -0.39 is 12.1 Å². The predicted octanol–water partition coefficient (Wildman–Crippen LogP) is 1.60. The quantitative estimate of drug-likeness (QED) is 0.789. The average Bonchev–Trinajstić information content (AvgIpc) is 2.26. The van der Waals surface area contributed by atoms with Crippen molar-refractivity contribution >= 4 is 5.97 Å². The third-order valence-corrected chi connectivity index (χ3v) is 2.25. The summed E-state index contributed by atoms with van der Waals surface area (Å²) in [7, 11) is 1.31. The molecule has 0 bridgehead atoms. The molecular weight excluding hydrogens is 208 g/mol. The van der Waals surface area contributed by atoms with Gasteiger partial charge in [0.1, 0.15) is 5.75 Å². The molecule has 1 aromatic carbocycles. The van der Waals surface area contributed by atoms with Gasteiger partial charge in [-0.3, -0.25) is 0 Å². The number of ether oxygens (including phenoxy) is 2. The van der Waals surface area contributed by atoms with E-state index in [4.69, 9.17) is 4.74 Å². The third kappa shape index (κ3) is 3.24. The number of aliphatic hydroxyl groups excluding tert-OH is 1. The van der Waals surface area contributed by atoms with Crippen molar-refractivity contribution in [2.75, 3.05) is 13.7 Å². The zero-order valence-electron chi connectivity index (χ0n) is 9.69. The van der Waals surface area contributed by atoms with E-state index in [-0.39, 0.29) is 6.61 Å². The summed E-state index contributed by atoms with van der Waals surface area (Å²) in [6.07, 6.45) is -0.506. The van der Waals surface area contributed by atoms with Crippen LogP contribution in [0.3, 0.4) is 0 Å². The number of carbonyl (C=O) groups is 1. The molecule has 0 amide bonds. The molecule has 0 aliphatic carbocycles. The highest BCUT2D eigenvalue weighted by Gasteiger charge is 2.07. The molecule has 88 valence electrons. The summed E-state index contributed by atoms with van der Waals surface area (Å²) in [6.45, 7) is 3.45. The molecule has 1 aromatic rings. The number of aliphatic hydroxyl groups is 1. The number of benzene rings is 1. The topological polar surface area (TPSA) is 55.8 Å². The number of hydrogen-bond acceptors (Lipinski definition) is 4. The molecule has 4 heteroatoms. The lowest BCUT2D eigenvalue weighted by molar-refractivity contribution is -0.142. The van der Waals surface area contributed by atoms with Gasteiger partial charge < -0.3 is 14.6 Å². The van der Waals surface area contributed by atoms with Crippen molar-refractivity contribution in [3.8, 4) is 5.75 Å². The molecule has 16 heavy (non-hydrogen) atoms. The zero-order valence-corrected chi connectivity index (χ0v) is 9.69. The van der Waals surface area contributed by atoms with Crippen LogP contribution >= 0.6 is 0 Å². The Morgan fingerprint density at radius 3 is 2.69 bits per heavy atom. The van der Waals surface area contributed by atoms with Crippen molar-refractivity contribution in [3.05, 3.63) is 29.3 Å². The van der Waals surface area contributed by atoms with E-state index in [9.17, 15) is 9.90 Å². The fraction of sp³-hybridized carbons (Fsp3) is 0.417. The molecule has 0 aromatic heterocycles. The standard InChI is InChI=1S/C12H16O4/c1-8-6-10(9(2)13)4-5-11(8)16-7-12(14)15-3/h4-6,9,13H,7H2,1-3H3. The number of aryl methyl sites for hydroxylation is 1. The SMILES string of the molecule is COC(=O)COc1ccc(C(C)O)cc1C. The van der Waals surface area contributed by atoms with Crippen LogP contribution in [0.1, 0.15) is 24.2 Å². The Morgan fingerprint density at radius 1 is 1.50 bits per heavy atom. The minimum Gasteiger partial charge on any atom is -0.482 e. The van der Waals surface area contributed by atoms with Crippen LogP contribution in [0, 0.1) is 6.92 Å². The number of esters is 1. The van der Waals surface area contributed by atoms with Gasteiger partial charge in [-0.25, -0.2) is 4.79 Å². The Morgan fingerprint density at radius 2 is 2.19 bits per heavy atom. The first-order valence-electron chi connectivity index (χ1n) is 5.03. The van der Waals surface area contributed by atoms with Crippen LogP contribution in [0.4, 0.5) is 0 Å². The van der Waals surface area contributed by atoms with Crippen LogP contribution < -0.4 is 4.74 Å². The fourth-order valence-corrected chi connectivity index (χ4v) is 1.29. The van der Waals surface area contributed by atoms with Gasteiger partial charge in [0.2, 0.25) is 0 Å². The molecule has 0 aliphatic rings. The maximum Gasteiger partial charge on any atom is 0.343 e. The Labute approximate surface area is 94.8 Å². The first kappa shape index (κ1) is 12.5. The van der Waals surface area contributed by atoms with Crippen molar-refractivity contribution < 1.29 is 19.4 Å². The van der Waals surface area contributed by atoms with Crippen molar-refractivity contribution in [3.63, 3.8) is 0 Å². The largest absolute Gasteiger partial charge is 0.482 e. The summed E-state index contributed by atoms with van der Waals surface area (Å²) in [5.74, 6) is 0.203. The molecule has 0 saturated carbocycles. The monoisotopic (exact) mass is 224 g/mol. The summed E-state index contributed by atoms with van der Waals surface area (Å²) in [4.78, 5) is 10.9. The number of rotatable bonds is 4. The van der Waals surface area contributed by atoms with Gasteiger partial charge >= 0.3 is 5.97 Å². The van der Waals surface area contributed by atoms with E-state index in [1.165, 1.54) is 7.11 Å². The van der Waals surface area contributed by atoms with Crippen LogP contribution in [0.2, 0.25) is 0 Å². The maximum absolute atomic E-state index is 10.9. The molecule has 0 aliphatic heterocycles. The first-order valence-corrected chi connectivity index (χ1v) is 5.03. The molecule has 1 rings (SSSR count). The fourth-order valence-electron chi connectivity index (χ4n) is 1.29. The Bertz CT molecular complexity index is 371. The smallest absolute Gasteiger partial charge is 0.343 e. The second-order valence-corrected chi connectivity index (χ2v) is 3.57. The highest BCUT2D eigenvalue weighted by molar-refractivity contribution is 5.70. The van der Waals surface area contributed by atoms with Gasteiger partial charge in [0.25, 0.3) is 0 Å². The van der Waals surface area contributed by atoms with Gasteiger partial charge in [-0.2, -0.15) is 0 Å². The lowest BCUT2D eigenvalue weighted by atomic mass is 10.1. The van der Waals surface area contributed by atoms with Gasteiger partial charge in [-0.15, -0.1) is 0 Å². The minimum absolute atomic E-state index is 0.106. The van der Waals surface area contributed by atoms with Crippen molar-refractivity contribution in [2.45, 2.75) is 20.0 Å². The van der Waals surface area contributed by atoms with E-state index in [1.54, 1.807) is 19.1 Å². The molecule has 1 N–H and O–H groups in total. The van der Waals surface area contributed by atoms with Crippen LogP contribution in [0.25, 0.3) is 0 Å². The Kier molecular flexibility index (Phi) is 4.31. The minimum atomic E-state index is -0.506. The molecule has 0 heterocycles. The number of hydrogen-bond donors (Lipinski definition) is 1. The molecule has 1 unspecified atom stereocenters. The highest BCUT2D eigenvalue weighted by atomic mass is 16.6. The first-order chi connectivity index (χ1) is 7.54. The molecule has 0 saturated heterocycles. The molecule has 0 spiro atoms. The van der Waals surface area contributed by atoms with Crippen molar-refractivity contribution in [2.24, 2.45) is 0 Å². The maximum atomic E-state index is 10.9. The van der Waals surface area contributed by atoms with Gasteiger partial charge in [0.15, 0.2) is 6.61 Å². The molecule has 0 radical (unpaired) electrons. The van der Waals surface area contributed by atoms with Crippen LogP contribution in [0.15, 0.2) is 18.2 Å². The van der Waals surface area contributed by atoms with E-state index in [2.05, 4.69) is 4.74 Å². The van der Waals surface area contributed by atoms with Gasteiger partial charge in [-0.1, -0.05) is 6.07 Å². The van der Waals surface area contributed by atoms with Gasteiger partial charge in [-0.05, 0) is 37.1 Å². The second kappa shape index (κ2) is 5.51. The van der Waals surface area contributed by atoms with Gasteiger partial charge in [0.05, 0.1) is 13.2 Å². The zero-order chi connectivity index (χ0) is 12.1. The van der Waals surface area contributed by atoms with E-state index in [1.807, 2.05) is 13.0 Å². The lowest BCUT2D eigenvalue weighted by Gasteiger charge is -2.11. The Hall–Kier alpha value is -1.55. The van der Waals surface area contributed by atoms with E-state index in [0.717, 1.165) is 11.1 Å². The predicted molar refractivity (Wildman–Crippen MR) is 59.3 cm³/mol. The van der Waals surface area contributed by atoms with E-state index in [0.29, 0.717) is 5.75 Å². The number of carbonyl (C=O) groups excluding carboxylic acids is 1. The molecule has 4 nitrogen and oxygen atoms in total. The molecular formula is C12H16O4. The van der Waals surface area contributed by atoms with Gasteiger partial charge in [0, 0.05) is 0 Å². The third-order valence-electron chi connectivity index (χ3n) is 2.25. The van der Waals surface area contributed by atoms with Crippen LogP contribution in [-0.4, -0.2) is 24.8 Å². The summed E-state index contributed by atoms with van der Waals surface area (Å²) < 4.78 is 9.74. The average molecular weight is 224 g/mol. The summed E-state index contributed by atoms with van der Waals surface area (Å²) in [5.41, 5.74) is 1.70. The molecule has 1 atom stereocenters. The number of methoxy groups -OCH3 is 1. The van der Waals surface area contributed by atoms with Crippen LogP contribution in [0.5, 0.6) is 5.75 Å². The normalized spacial score (nSPS) is 12.0.